The van der Waals surface area contributed by atoms with Crippen LogP contribution in [0.25, 0.3) is 11.6 Å². The summed E-state index contributed by atoms with van der Waals surface area (Å²) in [7, 11) is 0. The minimum atomic E-state index is -0.500. The van der Waals surface area contributed by atoms with Crippen molar-refractivity contribution in [3.8, 4) is 0 Å². The number of carbonyl (C=O) groups excluding carboxylic acids is 2. The maximum Gasteiger partial charge on any atom is 0.410 e. The molecule has 0 N–H and O–H groups in total. The van der Waals surface area contributed by atoms with Crippen LogP contribution in [0.5, 0.6) is 0 Å². The number of rotatable bonds is 5. The fourth-order valence-electron chi connectivity index (χ4n) is 4.40. The second-order valence-electron chi connectivity index (χ2n) is 10.3. The Morgan fingerprint density at radius 2 is 1.76 bits per heavy atom. The van der Waals surface area contributed by atoms with Gasteiger partial charge in [-0.05, 0) is 44.4 Å². The zero-order valence-electron chi connectivity index (χ0n) is 22.0. The summed E-state index contributed by atoms with van der Waals surface area (Å²) in [4.78, 5) is 35.3. The molecule has 4 rings (SSSR count). The molecule has 0 bridgehead atoms. The summed E-state index contributed by atoms with van der Waals surface area (Å²) in [6, 6.07) is 11.8. The molecule has 0 saturated carbocycles. The topological polar surface area (TPSA) is 75.2 Å². The van der Waals surface area contributed by atoms with Crippen LogP contribution in [0.1, 0.15) is 44.0 Å². The summed E-state index contributed by atoms with van der Waals surface area (Å²) in [6.07, 6.45) is 5.87. The summed E-state index contributed by atoms with van der Waals surface area (Å²) in [5.74, 6) is 0. The molecule has 0 atom stereocenters. The Bertz CT molecular complexity index is 1150. The van der Waals surface area contributed by atoms with Gasteiger partial charge in [-0.25, -0.2) is 9.59 Å². The number of piperazine rings is 1. The largest absolute Gasteiger partial charge is 0.445 e. The molecule has 8 heteroatoms. The van der Waals surface area contributed by atoms with Gasteiger partial charge in [0.2, 0.25) is 0 Å². The lowest BCUT2D eigenvalue weighted by Crippen LogP contribution is -2.50. The van der Waals surface area contributed by atoms with E-state index >= 15 is 0 Å². The SMILES string of the molecule is C=Cc1cc(N2CCN(C(=O)OC(C)(C)C)CC2)cnc1C1=CCN(C(=O)OCc2ccccc2)CC1. The van der Waals surface area contributed by atoms with Gasteiger partial charge in [0, 0.05) is 44.8 Å². The molecule has 2 aliphatic rings. The molecular weight excluding hydrogens is 468 g/mol. The van der Waals surface area contributed by atoms with Crippen LogP contribution in [0.2, 0.25) is 0 Å². The van der Waals surface area contributed by atoms with Crippen molar-refractivity contribution in [2.24, 2.45) is 0 Å². The molecule has 3 heterocycles. The lowest BCUT2D eigenvalue weighted by atomic mass is 9.99. The molecular formula is C29H36N4O4. The van der Waals surface area contributed by atoms with E-state index in [-0.39, 0.29) is 18.8 Å². The van der Waals surface area contributed by atoms with Crippen LogP contribution >= 0.6 is 0 Å². The van der Waals surface area contributed by atoms with Crippen LogP contribution < -0.4 is 4.90 Å². The Hall–Kier alpha value is -3.81. The number of carbonyl (C=O) groups is 2. The summed E-state index contributed by atoms with van der Waals surface area (Å²) < 4.78 is 11.0. The van der Waals surface area contributed by atoms with E-state index in [9.17, 15) is 9.59 Å². The Morgan fingerprint density at radius 3 is 2.38 bits per heavy atom. The molecule has 8 nitrogen and oxygen atoms in total. The molecule has 1 fully saturated rings. The van der Waals surface area contributed by atoms with Crippen molar-refractivity contribution in [1.82, 2.24) is 14.8 Å². The molecule has 2 aliphatic heterocycles. The quantitative estimate of drug-likeness (QED) is 0.557. The normalized spacial score (nSPS) is 16.2. The molecule has 1 saturated heterocycles. The molecule has 0 spiro atoms. The molecule has 2 aromatic rings. The van der Waals surface area contributed by atoms with Crippen molar-refractivity contribution < 1.29 is 19.1 Å². The van der Waals surface area contributed by atoms with Crippen LogP contribution in [-0.4, -0.2) is 71.8 Å². The number of amides is 2. The first kappa shape index (κ1) is 26.3. The first-order valence-electron chi connectivity index (χ1n) is 12.7. The smallest absolute Gasteiger partial charge is 0.410 e. The molecule has 2 amide bonds. The van der Waals surface area contributed by atoms with Gasteiger partial charge >= 0.3 is 12.2 Å². The zero-order valence-corrected chi connectivity index (χ0v) is 22.0. The number of pyridine rings is 1. The van der Waals surface area contributed by atoms with E-state index in [1.165, 1.54) is 0 Å². The van der Waals surface area contributed by atoms with Crippen molar-refractivity contribution in [2.75, 3.05) is 44.2 Å². The summed E-state index contributed by atoms with van der Waals surface area (Å²) in [6.45, 7) is 13.6. The van der Waals surface area contributed by atoms with Crippen molar-refractivity contribution in [2.45, 2.75) is 39.4 Å². The second-order valence-corrected chi connectivity index (χ2v) is 10.3. The number of aromatic nitrogens is 1. The molecule has 37 heavy (non-hydrogen) atoms. The minimum absolute atomic E-state index is 0.266. The number of anilines is 1. The fourth-order valence-corrected chi connectivity index (χ4v) is 4.40. The van der Waals surface area contributed by atoms with Gasteiger partial charge in [0.05, 0.1) is 17.6 Å². The van der Waals surface area contributed by atoms with Crippen LogP contribution in [0, 0.1) is 0 Å². The van der Waals surface area contributed by atoms with E-state index in [1.54, 1.807) is 9.80 Å². The molecule has 0 aliphatic carbocycles. The van der Waals surface area contributed by atoms with Gasteiger partial charge < -0.3 is 24.2 Å². The van der Waals surface area contributed by atoms with E-state index in [2.05, 4.69) is 17.5 Å². The highest BCUT2D eigenvalue weighted by molar-refractivity contribution is 5.76. The van der Waals surface area contributed by atoms with Crippen molar-refractivity contribution in [3.63, 3.8) is 0 Å². The first-order valence-corrected chi connectivity index (χ1v) is 12.7. The van der Waals surface area contributed by atoms with Gasteiger partial charge in [0.15, 0.2) is 0 Å². The Kier molecular flexibility index (Phi) is 8.16. The van der Waals surface area contributed by atoms with E-state index < -0.39 is 5.60 Å². The fraction of sp³-hybridized carbons (Fsp3) is 0.414. The van der Waals surface area contributed by atoms with Gasteiger partial charge in [0.25, 0.3) is 0 Å². The average Bonchev–Trinajstić information content (AvgIpc) is 2.91. The monoisotopic (exact) mass is 504 g/mol. The standard InChI is InChI=1S/C29H36N4O4/c1-5-23-19-25(31-15-17-33(18-16-31)28(35)37-29(2,3)4)20-30-26(23)24-11-13-32(14-12-24)27(34)36-21-22-9-7-6-8-10-22/h5-11,19-20H,1,12-18,21H2,2-4H3. The molecule has 1 aromatic carbocycles. The van der Waals surface area contributed by atoms with Crippen molar-refractivity contribution in [3.05, 3.63) is 72.1 Å². The predicted octanol–water partition coefficient (Wildman–Crippen LogP) is 5.21. The van der Waals surface area contributed by atoms with Gasteiger partial charge in [-0.2, -0.15) is 0 Å². The minimum Gasteiger partial charge on any atom is -0.445 e. The van der Waals surface area contributed by atoms with E-state index in [1.807, 2.05) is 69.5 Å². The first-order chi connectivity index (χ1) is 17.7. The Labute approximate surface area is 219 Å². The highest BCUT2D eigenvalue weighted by Gasteiger charge is 2.27. The van der Waals surface area contributed by atoms with Crippen LogP contribution in [-0.2, 0) is 16.1 Å². The summed E-state index contributed by atoms with van der Waals surface area (Å²) in [5, 5.41) is 0. The number of hydrogen-bond acceptors (Lipinski definition) is 6. The third kappa shape index (κ3) is 6.90. The number of benzene rings is 1. The van der Waals surface area contributed by atoms with Gasteiger partial charge in [-0.15, -0.1) is 0 Å². The average molecular weight is 505 g/mol. The molecule has 1 aromatic heterocycles. The maximum absolute atomic E-state index is 12.5. The van der Waals surface area contributed by atoms with Crippen LogP contribution in [0.15, 0.2) is 55.3 Å². The van der Waals surface area contributed by atoms with E-state index in [0.717, 1.165) is 28.1 Å². The van der Waals surface area contributed by atoms with Gasteiger partial charge in [-0.3, -0.25) is 4.98 Å². The van der Waals surface area contributed by atoms with E-state index in [0.29, 0.717) is 45.7 Å². The number of hydrogen-bond donors (Lipinski definition) is 0. The predicted molar refractivity (Wildman–Crippen MR) is 145 cm³/mol. The Balaban J connectivity index is 1.34. The molecule has 196 valence electrons. The third-order valence-corrected chi connectivity index (χ3v) is 6.40. The summed E-state index contributed by atoms with van der Waals surface area (Å²) in [5.41, 5.74) is 4.42. The number of nitrogens with zero attached hydrogens (tertiary/aromatic N) is 4. The summed E-state index contributed by atoms with van der Waals surface area (Å²) >= 11 is 0. The zero-order chi connectivity index (χ0) is 26.4. The Morgan fingerprint density at radius 1 is 1.03 bits per heavy atom. The van der Waals surface area contributed by atoms with E-state index in [4.69, 9.17) is 14.5 Å². The van der Waals surface area contributed by atoms with Crippen LogP contribution in [0.4, 0.5) is 15.3 Å². The van der Waals surface area contributed by atoms with Crippen molar-refractivity contribution in [1.29, 1.82) is 0 Å². The highest BCUT2D eigenvalue weighted by atomic mass is 16.6. The van der Waals surface area contributed by atoms with Crippen molar-refractivity contribution >= 4 is 29.5 Å². The van der Waals surface area contributed by atoms with Gasteiger partial charge in [-0.1, -0.05) is 49.1 Å². The maximum atomic E-state index is 12.5. The lowest BCUT2D eigenvalue weighted by Gasteiger charge is -2.36. The molecule has 0 unspecified atom stereocenters. The third-order valence-electron chi connectivity index (χ3n) is 6.40. The lowest BCUT2D eigenvalue weighted by molar-refractivity contribution is 0.0240. The van der Waals surface area contributed by atoms with Gasteiger partial charge in [0.1, 0.15) is 12.2 Å². The van der Waals surface area contributed by atoms with Crippen LogP contribution in [0.3, 0.4) is 0 Å². The number of ether oxygens (including phenoxy) is 2. The highest BCUT2D eigenvalue weighted by Crippen LogP contribution is 2.28. The second kappa shape index (κ2) is 11.5. The molecule has 0 radical (unpaired) electrons.